The number of hydrogen-bond donors (Lipinski definition) is 2. The van der Waals surface area contributed by atoms with E-state index in [2.05, 4.69) is 15.4 Å². The highest BCUT2D eigenvalue weighted by Gasteiger charge is 2.10. The van der Waals surface area contributed by atoms with Gasteiger partial charge in [-0.25, -0.2) is 4.68 Å². The van der Waals surface area contributed by atoms with Crippen molar-refractivity contribution in [1.29, 1.82) is 0 Å². The van der Waals surface area contributed by atoms with E-state index >= 15 is 0 Å². The van der Waals surface area contributed by atoms with Crippen LogP contribution in [0, 0.1) is 0 Å². The Kier molecular flexibility index (Phi) is 2.97. The Morgan fingerprint density at radius 3 is 2.82 bits per heavy atom. The maximum atomic E-state index is 11.9. The molecule has 0 spiro atoms. The first-order valence-electron chi connectivity index (χ1n) is 4.77. The van der Waals surface area contributed by atoms with E-state index < -0.39 is 0 Å². The molecule has 1 amide bonds. The fraction of sp³-hybridized carbons (Fsp3) is 0.100. The molecular formula is C10H10ClN5O. The van der Waals surface area contributed by atoms with Gasteiger partial charge in [-0.05, 0) is 18.2 Å². The molecule has 1 heterocycles. The zero-order valence-electron chi connectivity index (χ0n) is 9.01. The Morgan fingerprint density at radius 1 is 1.47 bits per heavy atom. The number of aryl methyl sites for hydroxylation is 1. The zero-order chi connectivity index (χ0) is 12.4. The number of amides is 1. The number of halogens is 1. The number of nitrogens with two attached hydrogens (primary N) is 1. The largest absolute Gasteiger partial charge is 0.399 e. The molecule has 0 fully saturated rings. The molecule has 0 saturated carbocycles. The number of nitrogen functional groups attached to an aromatic ring is 1. The molecule has 7 heteroatoms. The van der Waals surface area contributed by atoms with Gasteiger partial charge in [0, 0.05) is 23.3 Å². The lowest BCUT2D eigenvalue weighted by atomic mass is 10.2. The normalized spacial score (nSPS) is 10.2. The monoisotopic (exact) mass is 251 g/mol. The molecule has 0 unspecified atom stereocenters. The Morgan fingerprint density at radius 2 is 2.24 bits per heavy atom. The van der Waals surface area contributed by atoms with E-state index in [0.29, 0.717) is 22.2 Å². The van der Waals surface area contributed by atoms with E-state index in [4.69, 9.17) is 17.3 Å². The van der Waals surface area contributed by atoms with Crippen molar-refractivity contribution in [3.05, 3.63) is 35.1 Å². The molecule has 0 radical (unpaired) electrons. The Hall–Kier alpha value is -2.08. The first kappa shape index (κ1) is 11.4. The standard InChI is InChI=1S/C10H10ClN5O/c1-16-10(13-5-14-16)15-9(17)6-2-7(11)4-8(12)3-6/h2-5H,12H2,1H3,(H,13,14,15,17). The maximum Gasteiger partial charge on any atom is 0.258 e. The highest BCUT2D eigenvalue weighted by atomic mass is 35.5. The summed E-state index contributed by atoms with van der Waals surface area (Å²) in [6, 6.07) is 4.64. The van der Waals surface area contributed by atoms with Crippen molar-refractivity contribution < 1.29 is 4.79 Å². The van der Waals surface area contributed by atoms with Crippen LogP contribution >= 0.6 is 11.6 Å². The molecule has 0 saturated heterocycles. The van der Waals surface area contributed by atoms with Gasteiger partial charge in [0.1, 0.15) is 6.33 Å². The van der Waals surface area contributed by atoms with Crippen LogP contribution in [0.25, 0.3) is 0 Å². The summed E-state index contributed by atoms with van der Waals surface area (Å²) in [6.07, 6.45) is 1.35. The number of rotatable bonds is 2. The SMILES string of the molecule is Cn1ncnc1NC(=O)c1cc(N)cc(Cl)c1. The fourth-order valence-corrected chi connectivity index (χ4v) is 1.57. The summed E-state index contributed by atoms with van der Waals surface area (Å²) in [5, 5.41) is 6.85. The Bertz CT molecular complexity index is 545. The number of benzene rings is 1. The minimum atomic E-state index is -0.338. The van der Waals surface area contributed by atoms with Crippen molar-refractivity contribution in [3.63, 3.8) is 0 Å². The number of carbonyl (C=O) groups is 1. The molecule has 0 atom stereocenters. The summed E-state index contributed by atoms with van der Waals surface area (Å²) in [4.78, 5) is 15.7. The summed E-state index contributed by atoms with van der Waals surface area (Å²) in [6.45, 7) is 0. The molecule has 0 bridgehead atoms. The average Bonchev–Trinajstić information content (AvgIpc) is 2.63. The van der Waals surface area contributed by atoms with E-state index in [-0.39, 0.29) is 5.91 Å². The summed E-state index contributed by atoms with van der Waals surface area (Å²) in [5.74, 6) is 0.0175. The second-order valence-electron chi connectivity index (χ2n) is 3.43. The number of nitrogens with zero attached hydrogens (tertiary/aromatic N) is 3. The van der Waals surface area contributed by atoms with Gasteiger partial charge in [-0.1, -0.05) is 11.6 Å². The molecule has 6 nitrogen and oxygen atoms in total. The lowest BCUT2D eigenvalue weighted by Gasteiger charge is -2.05. The van der Waals surface area contributed by atoms with Crippen LogP contribution in [0.5, 0.6) is 0 Å². The highest BCUT2D eigenvalue weighted by molar-refractivity contribution is 6.31. The molecule has 3 N–H and O–H groups in total. The third kappa shape index (κ3) is 2.54. The van der Waals surface area contributed by atoms with Crippen LogP contribution in [-0.4, -0.2) is 20.7 Å². The second-order valence-corrected chi connectivity index (χ2v) is 3.87. The van der Waals surface area contributed by atoms with Gasteiger partial charge in [0.25, 0.3) is 5.91 Å². The van der Waals surface area contributed by atoms with Crippen LogP contribution in [0.2, 0.25) is 5.02 Å². The molecule has 2 rings (SSSR count). The van der Waals surface area contributed by atoms with Gasteiger partial charge in [-0.3, -0.25) is 10.1 Å². The van der Waals surface area contributed by atoms with Crippen LogP contribution in [0.4, 0.5) is 11.6 Å². The summed E-state index contributed by atoms with van der Waals surface area (Å²) < 4.78 is 1.45. The van der Waals surface area contributed by atoms with Gasteiger partial charge in [0.05, 0.1) is 0 Å². The van der Waals surface area contributed by atoms with Gasteiger partial charge >= 0.3 is 0 Å². The maximum absolute atomic E-state index is 11.9. The van der Waals surface area contributed by atoms with Crippen LogP contribution < -0.4 is 11.1 Å². The Balaban J connectivity index is 2.23. The van der Waals surface area contributed by atoms with Crippen molar-refractivity contribution in [2.45, 2.75) is 0 Å². The lowest BCUT2D eigenvalue weighted by Crippen LogP contribution is -2.15. The van der Waals surface area contributed by atoms with E-state index in [1.54, 1.807) is 13.1 Å². The second kappa shape index (κ2) is 4.42. The number of nitrogens with one attached hydrogen (secondary N) is 1. The number of anilines is 2. The minimum Gasteiger partial charge on any atom is -0.399 e. The minimum absolute atomic E-state index is 0.338. The van der Waals surface area contributed by atoms with E-state index in [0.717, 1.165) is 0 Å². The predicted octanol–water partition coefficient (Wildman–Crippen LogP) is 1.30. The van der Waals surface area contributed by atoms with E-state index in [1.165, 1.54) is 23.1 Å². The summed E-state index contributed by atoms with van der Waals surface area (Å²) in [7, 11) is 1.68. The van der Waals surface area contributed by atoms with E-state index in [9.17, 15) is 4.79 Å². The van der Waals surface area contributed by atoms with Crippen molar-refractivity contribution in [2.75, 3.05) is 11.1 Å². The average molecular weight is 252 g/mol. The van der Waals surface area contributed by atoms with Crippen LogP contribution in [0.15, 0.2) is 24.5 Å². The van der Waals surface area contributed by atoms with Gasteiger partial charge < -0.3 is 5.73 Å². The fourth-order valence-electron chi connectivity index (χ4n) is 1.33. The first-order valence-corrected chi connectivity index (χ1v) is 5.15. The molecule has 1 aromatic heterocycles. The van der Waals surface area contributed by atoms with Gasteiger partial charge in [-0.15, -0.1) is 0 Å². The molecule has 2 aromatic rings. The van der Waals surface area contributed by atoms with Crippen LogP contribution in [0.1, 0.15) is 10.4 Å². The molecule has 0 aliphatic rings. The number of carbonyl (C=O) groups excluding carboxylic acids is 1. The van der Waals surface area contributed by atoms with Crippen molar-refractivity contribution in [3.8, 4) is 0 Å². The molecular weight excluding hydrogens is 242 g/mol. The van der Waals surface area contributed by atoms with Crippen molar-refractivity contribution >= 4 is 29.1 Å². The van der Waals surface area contributed by atoms with Gasteiger partial charge in [0.15, 0.2) is 0 Å². The third-order valence-corrected chi connectivity index (χ3v) is 2.34. The van der Waals surface area contributed by atoms with Crippen molar-refractivity contribution in [2.24, 2.45) is 7.05 Å². The van der Waals surface area contributed by atoms with E-state index in [1.807, 2.05) is 0 Å². The highest BCUT2D eigenvalue weighted by Crippen LogP contribution is 2.17. The van der Waals surface area contributed by atoms with Crippen LogP contribution in [-0.2, 0) is 7.05 Å². The number of hydrogen-bond acceptors (Lipinski definition) is 4. The predicted molar refractivity (Wildman–Crippen MR) is 64.8 cm³/mol. The topological polar surface area (TPSA) is 85.8 Å². The molecule has 1 aromatic carbocycles. The lowest BCUT2D eigenvalue weighted by molar-refractivity contribution is 0.102. The summed E-state index contributed by atoms with van der Waals surface area (Å²) in [5.41, 5.74) is 6.41. The molecule has 0 aliphatic heterocycles. The first-order chi connectivity index (χ1) is 8.06. The molecule has 0 aliphatic carbocycles. The van der Waals surface area contributed by atoms with Crippen molar-refractivity contribution in [1.82, 2.24) is 14.8 Å². The zero-order valence-corrected chi connectivity index (χ0v) is 9.77. The quantitative estimate of drug-likeness (QED) is 0.788. The summed E-state index contributed by atoms with van der Waals surface area (Å²) >= 11 is 5.81. The molecule has 17 heavy (non-hydrogen) atoms. The molecule has 88 valence electrons. The smallest absolute Gasteiger partial charge is 0.258 e. The van der Waals surface area contributed by atoms with Crippen LogP contribution in [0.3, 0.4) is 0 Å². The third-order valence-electron chi connectivity index (χ3n) is 2.12. The Labute approximate surface area is 102 Å². The number of aromatic nitrogens is 3. The van der Waals surface area contributed by atoms with Gasteiger partial charge in [0.2, 0.25) is 5.95 Å². The van der Waals surface area contributed by atoms with Gasteiger partial charge in [-0.2, -0.15) is 10.1 Å².